The van der Waals surface area contributed by atoms with Gasteiger partial charge in [-0.3, -0.25) is 9.59 Å². The van der Waals surface area contributed by atoms with Crippen LogP contribution < -0.4 is 15.5 Å². The van der Waals surface area contributed by atoms with E-state index in [1.54, 1.807) is 29.8 Å². The molecule has 1 aromatic heterocycles. The molecular weight excluding hydrogens is 587 g/mol. The van der Waals surface area contributed by atoms with E-state index in [4.69, 9.17) is 4.74 Å². The van der Waals surface area contributed by atoms with Gasteiger partial charge in [0.2, 0.25) is 11.3 Å². The molecule has 0 aliphatic rings. The van der Waals surface area contributed by atoms with Crippen LogP contribution in [0.2, 0.25) is 0 Å². The number of pyridine rings is 1. The van der Waals surface area contributed by atoms with E-state index >= 15 is 0 Å². The number of amides is 1. The Bertz CT molecular complexity index is 1550. The van der Waals surface area contributed by atoms with Crippen LogP contribution in [0, 0.1) is 5.82 Å². The summed E-state index contributed by atoms with van der Waals surface area (Å²) in [6, 6.07) is 8.87. The highest BCUT2D eigenvalue weighted by atomic mass is 32.2. The first-order valence-corrected chi connectivity index (χ1v) is 15.4. The van der Waals surface area contributed by atoms with Gasteiger partial charge in [0.25, 0.3) is 0 Å². The fourth-order valence-corrected chi connectivity index (χ4v) is 5.33. The van der Waals surface area contributed by atoms with E-state index in [1.165, 1.54) is 36.2 Å². The number of aromatic hydroxyl groups is 2. The summed E-state index contributed by atoms with van der Waals surface area (Å²) in [6.07, 6.45) is 6.81. The highest BCUT2D eigenvalue weighted by Crippen LogP contribution is 2.38. The van der Waals surface area contributed by atoms with Crippen molar-refractivity contribution >= 4 is 23.6 Å². The maximum atomic E-state index is 13.3. The lowest BCUT2D eigenvalue weighted by atomic mass is 9.99. The number of aromatic nitrogens is 1. The number of nitrogens with zero attached hydrogens (tertiary/aromatic N) is 1. The maximum absolute atomic E-state index is 13.3. The number of benzene rings is 2. The number of nitrogens with one attached hydrogen (secondary N) is 1. The van der Waals surface area contributed by atoms with Crippen molar-refractivity contribution in [1.29, 1.82) is 0 Å². The summed E-state index contributed by atoms with van der Waals surface area (Å²) in [6.45, 7) is 4.36. The van der Waals surface area contributed by atoms with E-state index in [1.807, 2.05) is 19.9 Å². The fraction of sp³-hybridized carbons (Fsp3) is 0.364. The molecule has 3 aromatic rings. The summed E-state index contributed by atoms with van der Waals surface area (Å²) in [5, 5.41) is 33.2. The Hall–Kier alpha value is -4.25. The van der Waals surface area contributed by atoms with Gasteiger partial charge in [-0.15, -0.1) is 11.8 Å². The van der Waals surface area contributed by atoms with Gasteiger partial charge in [0.05, 0.1) is 13.2 Å². The molecule has 0 bridgehead atoms. The average molecular weight is 627 g/mol. The molecule has 0 spiro atoms. The Labute approximate surface area is 260 Å². The Morgan fingerprint density at radius 3 is 2.45 bits per heavy atom. The molecule has 0 unspecified atom stereocenters. The number of thioether (sulfide) groups is 1. The van der Waals surface area contributed by atoms with Crippen molar-refractivity contribution in [3.8, 4) is 17.2 Å². The smallest absolute Gasteiger partial charge is 0.339 e. The van der Waals surface area contributed by atoms with Crippen LogP contribution in [0.5, 0.6) is 17.2 Å². The lowest BCUT2D eigenvalue weighted by Gasteiger charge is -2.17. The van der Waals surface area contributed by atoms with Crippen molar-refractivity contribution in [1.82, 2.24) is 9.88 Å². The average Bonchev–Trinajstić information content (AvgIpc) is 2.96. The summed E-state index contributed by atoms with van der Waals surface area (Å²) in [7, 11) is 1.68. The summed E-state index contributed by atoms with van der Waals surface area (Å²) in [5.74, 6) is -1.73. The summed E-state index contributed by atoms with van der Waals surface area (Å²) in [5.41, 5.74) is 1.74. The zero-order valence-corrected chi connectivity index (χ0v) is 26.0. The number of aryl methyl sites for hydroxylation is 1. The molecule has 0 saturated carbocycles. The van der Waals surface area contributed by atoms with Gasteiger partial charge in [-0.1, -0.05) is 24.5 Å². The Morgan fingerprint density at radius 1 is 1.07 bits per heavy atom. The first-order chi connectivity index (χ1) is 21.0. The minimum Gasteiger partial charge on any atom is -0.507 e. The van der Waals surface area contributed by atoms with E-state index in [0.29, 0.717) is 54.9 Å². The lowest BCUT2D eigenvalue weighted by molar-refractivity contribution is -0.121. The number of carbonyl (C=O) groups is 2. The van der Waals surface area contributed by atoms with Gasteiger partial charge in [-0.25, -0.2) is 9.18 Å². The van der Waals surface area contributed by atoms with Gasteiger partial charge in [0.15, 0.2) is 5.75 Å². The van der Waals surface area contributed by atoms with Gasteiger partial charge in [0.1, 0.15) is 22.9 Å². The molecule has 0 atom stereocenters. The van der Waals surface area contributed by atoms with Crippen molar-refractivity contribution < 1.29 is 34.0 Å². The molecule has 3 rings (SSSR count). The molecule has 0 aliphatic heterocycles. The molecular formula is C33H39FN2O7S. The normalized spacial score (nSPS) is 10.8. The predicted octanol–water partition coefficient (Wildman–Crippen LogP) is 6.08. The number of allylic oxidation sites excluding steroid dienone is 2. The molecule has 44 heavy (non-hydrogen) atoms. The van der Waals surface area contributed by atoms with Gasteiger partial charge in [-0.05, 0) is 69.0 Å². The standard InChI is InChI=1S/C33H39FN2O7S/c1-21(2)9-14-26-29(16-22(31(32(26)40)33(41)42)20-44-25-12-10-23(34)11-13-25)43-15-7-5-4-6-8-30(39)35-18-24-17-27(37)28(38)19-36(24)3/h9-13,16-17,19,38,40H,4-8,14-15,18,20H2,1-3H3,(H,35,39)(H,41,42). The fourth-order valence-electron chi connectivity index (χ4n) is 4.45. The van der Waals surface area contributed by atoms with Gasteiger partial charge in [-0.2, -0.15) is 0 Å². The molecule has 1 amide bonds. The predicted molar refractivity (Wildman–Crippen MR) is 168 cm³/mol. The number of ether oxygens (including phenoxy) is 1. The summed E-state index contributed by atoms with van der Waals surface area (Å²) >= 11 is 1.33. The van der Waals surface area contributed by atoms with Crippen molar-refractivity contribution in [2.24, 2.45) is 7.05 Å². The quantitative estimate of drug-likeness (QED) is 0.0853. The molecule has 4 N–H and O–H groups in total. The van der Waals surface area contributed by atoms with Crippen LogP contribution in [0.25, 0.3) is 0 Å². The van der Waals surface area contributed by atoms with Crippen LogP contribution in [0.15, 0.2) is 63.9 Å². The van der Waals surface area contributed by atoms with E-state index in [0.717, 1.165) is 23.3 Å². The lowest BCUT2D eigenvalue weighted by Crippen LogP contribution is -2.25. The number of unbranched alkanes of at least 4 members (excludes halogenated alkanes) is 3. The maximum Gasteiger partial charge on any atom is 0.339 e. The number of hydrogen-bond acceptors (Lipinski definition) is 7. The molecule has 11 heteroatoms. The highest BCUT2D eigenvalue weighted by molar-refractivity contribution is 7.98. The minimum atomic E-state index is -1.24. The third kappa shape index (κ3) is 10.2. The number of carboxylic acid groups (broad SMARTS) is 1. The first kappa shape index (κ1) is 34.2. The monoisotopic (exact) mass is 626 g/mol. The van der Waals surface area contributed by atoms with E-state index in [9.17, 15) is 34.1 Å². The number of hydrogen-bond donors (Lipinski definition) is 4. The third-order valence-corrected chi connectivity index (χ3v) is 7.99. The second kappa shape index (κ2) is 16.6. The van der Waals surface area contributed by atoms with Crippen LogP contribution in [0.3, 0.4) is 0 Å². The topological polar surface area (TPSA) is 138 Å². The van der Waals surface area contributed by atoms with E-state index in [2.05, 4.69) is 5.32 Å². The number of halogens is 1. The molecule has 0 radical (unpaired) electrons. The third-order valence-electron chi connectivity index (χ3n) is 6.92. The van der Waals surface area contributed by atoms with Crippen molar-refractivity contribution in [3.05, 3.63) is 92.7 Å². The molecule has 2 aromatic carbocycles. The summed E-state index contributed by atoms with van der Waals surface area (Å²) in [4.78, 5) is 36.8. The molecule has 0 aliphatic carbocycles. The van der Waals surface area contributed by atoms with Crippen molar-refractivity contribution in [2.75, 3.05) is 6.61 Å². The zero-order chi connectivity index (χ0) is 32.2. The van der Waals surface area contributed by atoms with Gasteiger partial charge in [0, 0.05) is 47.6 Å². The van der Waals surface area contributed by atoms with Gasteiger partial charge >= 0.3 is 5.97 Å². The Kier molecular flexibility index (Phi) is 12.9. The second-order valence-electron chi connectivity index (χ2n) is 10.7. The van der Waals surface area contributed by atoms with Crippen molar-refractivity contribution in [2.45, 2.75) is 69.6 Å². The second-order valence-corrected chi connectivity index (χ2v) is 11.7. The molecule has 236 valence electrons. The Balaban J connectivity index is 1.56. The highest BCUT2D eigenvalue weighted by Gasteiger charge is 2.23. The molecule has 0 fully saturated rings. The number of carboxylic acids is 1. The van der Waals surface area contributed by atoms with Crippen LogP contribution in [-0.4, -0.2) is 38.4 Å². The number of carbonyl (C=O) groups excluding carboxylic acids is 1. The number of phenols is 1. The van der Waals surface area contributed by atoms with Crippen LogP contribution in [-0.2, 0) is 30.6 Å². The zero-order valence-electron chi connectivity index (χ0n) is 25.2. The van der Waals surface area contributed by atoms with Crippen LogP contribution in [0.1, 0.15) is 73.1 Å². The van der Waals surface area contributed by atoms with Crippen LogP contribution >= 0.6 is 11.8 Å². The SMILES string of the molecule is CC(C)=CCc1c(OCCCCCCC(=O)NCc2cc(=O)c(O)cn2C)cc(CSc2ccc(F)cc2)c(C(=O)O)c1O. The van der Waals surface area contributed by atoms with Gasteiger partial charge < -0.3 is 29.9 Å². The van der Waals surface area contributed by atoms with E-state index in [-0.39, 0.29) is 41.1 Å². The Morgan fingerprint density at radius 2 is 1.77 bits per heavy atom. The molecule has 9 nitrogen and oxygen atoms in total. The van der Waals surface area contributed by atoms with Crippen LogP contribution in [0.4, 0.5) is 4.39 Å². The van der Waals surface area contributed by atoms with Crippen molar-refractivity contribution in [3.63, 3.8) is 0 Å². The van der Waals surface area contributed by atoms with E-state index < -0.39 is 11.4 Å². The summed E-state index contributed by atoms with van der Waals surface area (Å²) < 4.78 is 21.0. The minimum absolute atomic E-state index is 0.134. The molecule has 0 saturated heterocycles. The first-order valence-electron chi connectivity index (χ1n) is 14.4. The number of aromatic carboxylic acids is 1. The largest absolute Gasteiger partial charge is 0.507 e. The molecule has 1 heterocycles. The number of rotatable bonds is 16.